The van der Waals surface area contributed by atoms with E-state index in [9.17, 15) is 14.0 Å². The first-order valence-electron chi connectivity index (χ1n) is 8.68. The molecule has 0 aliphatic heterocycles. The molecule has 0 spiro atoms. The van der Waals surface area contributed by atoms with Crippen molar-refractivity contribution in [3.63, 3.8) is 0 Å². The number of aromatic nitrogens is 1. The van der Waals surface area contributed by atoms with E-state index in [1.165, 1.54) is 36.5 Å². The molecule has 8 heteroatoms. The molecule has 6 nitrogen and oxygen atoms in total. The third kappa shape index (κ3) is 6.29. The van der Waals surface area contributed by atoms with Gasteiger partial charge in [0.1, 0.15) is 23.0 Å². The molecule has 0 aliphatic carbocycles. The van der Waals surface area contributed by atoms with Gasteiger partial charge in [-0.25, -0.2) is 4.39 Å². The zero-order chi connectivity index (χ0) is 20.6. The van der Waals surface area contributed by atoms with Crippen LogP contribution in [-0.4, -0.2) is 23.3 Å². The molecule has 2 aromatic carbocycles. The largest absolute Gasteiger partial charge is 0.457 e. The maximum absolute atomic E-state index is 12.9. The second kappa shape index (κ2) is 9.66. The zero-order valence-corrected chi connectivity index (χ0v) is 15.9. The van der Waals surface area contributed by atoms with Crippen molar-refractivity contribution in [1.29, 1.82) is 0 Å². The van der Waals surface area contributed by atoms with E-state index in [2.05, 4.69) is 15.6 Å². The lowest BCUT2D eigenvalue weighted by Gasteiger charge is -2.09. The zero-order valence-electron chi connectivity index (χ0n) is 15.2. The van der Waals surface area contributed by atoms with Crippen LogP contribution in [0.2, 0.25) is 5.02 Å². The predicted octanol–water partition coefficient (Wildman–Crippen LogP) is 3.71. The van der Waals surface area contributed by atoms with Gasteiger partial charge < -0.3 is 15.4 Å². The Labute approximate surface area is 171 Å². The Balaban J connectivity index is 1.44. The monoisotopic (exact) mass is 413 g/mol. The molecule has 0 radical (unpaired) electrons. The lowest BCUT2D eigenvalue weighted by Crippen LogP contribution is -2.36. The topological polar surface area (TPSA) is 80.3 Å². The fourth-order valence-electron chi connectivity index (χ4n) is 2.36. The van der Waals surface area contributed by atoms with Crippen LogP contribution in [0.1, 0.15) is 16.1 Å². The molecule has 0 saturated heterocycles. The van der Waals surface area contributed by atoms with Crippen LogP contribution in [0.25, 0.3) is 0 Å². The highest BCUT2D eigenvalue weighted by molar-refractivity contribution is 6.30. The van der Waals surface area contributed by atoms with Crippen molar-refractivity contribution in [2.24, 2.45) is 0 Å². The van der Waals surface area contributed by atoms with E-state index in [1.54, 1.807) is 30.3 Å². The Bertz CT molecular complexity index is 995. The molecule has 1 heterocycles. The highest BCUT2D eigenvalue weighted by atomic mass is 35.5. The minimum absolute atomic E-state index is 0.141. The number of nitrogens with one attached hydrogen (secondary N) is 2. The summed E-state index contributed by atoms with van der Waals surface area (Å²) in [5.41, 5.74) is 0.995. The summed E-state index contributed by atoms with van der Waals surface area (Å²) in [5, 5.41) is 5.58. The van der Waals surface area contributed by atoms with Crippen LogP contribution in [0.5, 0.6) is 11.5 Å². The van der Waals surface area contributed by atoms with Crippen molar-refractivity contribution < 1.29 is 18.7 Å². The maximum atomic E-state index is 12.9. The summed E-state index contributed by atoms with van der Waals surface area (Å²) in [6.45, 7) is 0.111. The number of amides is 2. The first-order valence-corrected chi connectivity index (χ1v) is 9.06. The first-order chi connectivity index (χ1) is 14.0. The molecule has 0 atom stereocenters. The smallest absolute Gasteiger partial charge is 0.270 e. The molecule has 0 unspecified atom stereocenters. The normalized spacial score (nSPS) is 10.3. The van der Waals surface area contributed by atoms with Gasteiger partial charge in [0.25, 0.3) is 5.91 Å². The Morgan fingerprint density at radius 2 is 1.62 bits per heavy atom. The second-order valence-electron chi connectivity index (χ2n) is 6.02. The van der Waals surface area contributed by atoms with Gasteiger partial charge >= 0.3 is 0 Å². The Hall–Kier alpha value is -3.45. The molecule has 3 rings (SSSR count). The van der Waals surface area contributed by atoms with E-state index in [-0.39, 0.29) is 24.0 Å². The number of rotatable bonds is 7. The second-order valence-corrected chi connectivity index (χ2v) is 6.46. The molecule has 2 amide bonds. The minimum Gasteiger partial charge on any atom is -0.457 e. The van der Waals surface area contributed by atoms with Crippen molar-refractivity contribution in [3.05, 3.63) is 89.0 Å². The van der Waals surface area contributed by atoms with Gasteiger partial charge in [-0.05, 0) is 54.1 Å². The standard InChI is InChI=1S/C21H17ClFN3O3/c22-15-9-10-24-19(11-15)21(28)26-13-20(27)25-12-14-1-5-17(6-2-14)29-18-7-3-16(23)4-8-18/h1-11H,12-13H2,(H,25,27)(H,26,28). The van der Waals surface area contributed by atoms with Gasteiger partial charge in [0.15, 0.2) is 0 Å². The van der Waals surface area contributed by atoms with Crippen LogP contribution in [0.4, 0.5) is 4.39 Å². The number of nitrogens with zero attached hydrogens (tertiary/aromatic N) is 1. The van der Waals surface area contributed by atoms with Crippen LogP contribution in [0.3, 0.4) is 0 Å². The summed E-state index contributed by atoms with van der Waals surface area (Å²) in [5.74, 6) is -0.0363. The number of halogens is 2. The van der Waals surface area contributed by atoms with E-state index in [0.717, 1.165) is 5.56 Å². The summed E-state index contributed by atoms with van der Waals surface area (Å²) < 4.78 is 18.5. The van der Waals surface area contributed by atoms with Crippen LogP contribution >= 0.6 is 11.6 Å². The molecule has 0 bridgehead atoms. The van der Waals surface area contributed by atoms with E-state index < -0.39 is 5.91 Å². The number of ether oxygens (including phenoxy) is 1. The summed E-state index contributed by atoms with van der Waals surface area (Å²) in [4.78, 5) is 27.8. The fourth-order valence-corrected chi connectivity index (χ4v) is 2.52. The van der Waals surface area contributed by atoms with E-state index >= 15 is 0 Å². The molecule has 0 fully saturated rings. The van der Waals surface area contributed by atoms with Crippen molar-refractivity contribution in [3.8, 4) is 11.5 Å². The summed E-state index contributed by atoms with van der Waals surface area (Å²) in [7, 11) is 0. The van der Waals surface area contributed by atoms with Crippen LogP contribution in [0.15, 0.2) is 66.9 Å². The van der Waals surface area contributed by atoms with Crippen molar-refractivity contribution in [2.75, 3.05) is 6.54 Å². The maximum Gasteiger partial charge on any atom is 0.270 e. The molecule has 0 aliphatic rings. The van der Waals surface area contributed by atoms with Gasteiger partial charge in [0.05, 0.1) is 6.54 Å². The Kier molecular flexibility index (Phi) is 6.76. The number of hydrogen-bond donors (Lipinski definition) is 2. The Morgan fingerprint density at radius 3 is 2.28 bits per heavy atom. The van der Waals surface area contributed by atoms with Crippen molar-refractivity contribution in [2.45, 2.75) is 6.54 Å². The van der Waals surface area contributed by atoms with Crippen molar-refractivity contribution in [1.82, 2.24) is 15.6 Å². The highest BCUT2D eigenvalue weighted by Crippen LogP contribution is 2.21. The van der Waals surface area contributed by atoms with Gasteiger partial charge in [-0.3, -0.25) is 14.6 Å². The number of benzene rings is 2. The highest BCUT2D eigenvalue weighted by Gasteiger charge is 2.09. The van der Waals surface area contributed by atoms with Crippen LogP contribution < -0.4 is 15.4 Å². The molecule has 29 heavy (non-hydrogen) atoms. The quantitative estimate of drug-likeness (QED) is 0.618. The van der Waals surface area contributed by atoms with Gasteiger partial charge in [-0.1, -0.05) is 23.7 Å². The van der Waals surface area contributed by atoms with Crippen LogP contribution in [-0.2, 0) is 11.3 Å². The fraction of sp³-hybridized carbons (Fsp3) is 0.0952. The van der Waals surface area contributed by atoms with E-state index in [1.807, 2.05) is 0 Å². The summed E-state index contributed by atoms with van der Waals surface area (Å²) in [6, 6.07) is 15.8. The first kappa shape index (κ1) is 20.3. The van der Waals surface area contributed by atoms with Gasteiger partial charge in [-0.15, -0.1) is 0 Å². The predicted molar refractivity (Wildman–Crippen MR) is 106 cm³/mol. The number of carbonyl (C=O) groups excluding carboxylic acids is 2. The molecule has 3 aromatic rings. The molecular formula is C21H17ClFN3O3. The molecule has 148 valence electrons. The summed E-state index contributed by atoms with van der Waals surface area (Å²) in [6.07, 6.45) is 1.42. The SMILES string of the molecule is O=C(CNC(=O)c1cc(Cl)ccn1)NCc1ccc(Oc2ccc(F)cc2)cc1. The van der Waals surface area contributed by atoms with Crippen LogP contribution in [0, 0.1) is 5.82 Å². The minimum atomic E-state index is -0.482. The number of pyridine rings is 1. The molecule has 1 aromatic heterocycles. The van der Waals surface area contributed by atoms with Gasteiger partial charge in [0, 0.05) is 17.8 Å². The third-order valence-corrected chi connectivity index (χ3v) is 4.06. The van der Waals surface area contributed by atoms with E-state index in [0.29, 0.717) is 23.1 Å². The summed E-state index contributed by atoms with van der Waals surface area (Å²) >= 11 is 5.81. The number of hydrogen-bond acceptors (Lipinski definition) is 4. The van der Waals surface area contributed by atoms with Crippen molar-refractivity contribution >= 4 is 23.4 Å². The van der Waals surface area contributed by atoms with E-state index in [4.69, 9.17) is 16.3 Å². The molecular weight excluding hydrogens is 397 g/mol. The average Bonchev–Trinajstić information content (AvgIpc) is 2.73. The third-order valence-electron chi connectivity index (χ3n) is 3.83. The van der Waals surface area contributed by atoms with Gasteiger partial charge in [-0.2, -0.15) is 0 Å². The lowest BCUT2D eigenvalue weighted by molar-refractivity contribution is -0.120. The number of carbonyl (C=O) groups is 2. The average molecular weight is 414 g/mol. The molecule has 2 N–H and O–H groups in total. The Morgan fingerprint density at radius 1 is 0.966 bits per heavy atom. The molecule has 0 saturated carbocycles. The lowest BCUT2D eigenvalue weighted by atomic mass is 10.2. The van der Waals surface area contributed by atoms with Gasteiger partial charge in [0.2, 0.25) is 5.91 Å².